The topological polar surface area (TPSA) is 93.8 Å². The molecule has 106 valence electrons. The van der Waals surface area contributed by atoms with Crippen LogP contribution >= 0.6 is 11.3 Å². The van der Waals surface area contributed by atoms with Gasteiger partial charge in [0.1, 0.15) is 4.70 Å². The van der Waals surface area contributed by atoms with E-state index in [-0.39, 0.29) is 16.4 Å². The second kappa shape index (κ2) is 5.37. The van der Waals surface area contributed by atoms with Crippen LogP contribution < -0.4 is 16.2 Å². The van der Waals surface area contributed by atoms with Crippen molar-refractivity contribution in [3.63, 3.8) is 0 Å². The number of aromatic nitrogens is 3. The summed E-state index contributed by atoms with van der Waals surface area (Å²) in [5.74, 6) is 0.00564. The first-order valence-corrected chi connectivity index (χ1v) is 7.07. The Morgan fingerprint density at radius 3 is 2.81 bits per heavy atom. The lowest BCUT2D eigenvalue weighted by atomic mass is 10.2. The largest absolute Gasteiger partial charge is 0.369 e. The van der Waals surface area contributed by atoms with Crippen molar-refractivity contribution in [1.29, 1.82) is 0 Å². The van der Waals surface area contributed by atoms with Gasteiger partial charge in [0.25, 0.3) is 5.56 Å². The van der Waals surface area contributed by atoms with E-state index in [2.05, 4.69) is 9.97 Å². The maximum absolute atomic E-state index is 12.0. The highest BCUT2D eigenvalue weighted by Gasteiger charge is 2.11. The highest BCUT2D eigenvalue weighted by Crippen LogP contribution is 2.11. The van der Waals surface area contributed by atoms with Crippen LogP contribution in [0.25, 0.3) is 16.4 Å². The average molecular weight is 300 g/mol. The van der Waals surface area contributed by atoms with Crippen LogP contribution in [-0.2, 0) is 6.54 Å². The van der Waals surface area contributed by atoms with Crippen LogP contribution in [-0.4, -0.2) is 14.5 Å². The summed E-state index contributed by atoms with van der Waals surface area (Å²) in [6.45, 7) is 0.337. The highest BCUT2D eigenvalue weighted by molar-refractivity contribution is 7.16. The van der Waals surface area contributed by atoms with Gasteiger partial charge in [-0.25, -0.2) is 0 Å². The van der Waals surface area contributed by atoms with E-state index in [0.717, 1.165) is 16.9 Å². The molecule has 0 spiro atoms. The third-order valence-corrected chi connectivity index (χ3v) is 3.91. The molecule has 21 heavy (non-hydrogen) atoms. The third-order valence-electron chi connectivity index (χ3n) is 2.94. The van der Waals surface area contributed by atoms with Crippen LogP contribution in [0.1, 0.15) is 5.56 Å². The van der Waals surface area contributed by atoms with Gasteiger partial charge in [0.15, 0.2) is 5.65 Å². The molecule has 0 atom stereocenters. The number of rotatable bonds is 3. The van der Waals surface area contributed by atoms with Crippen LogP contribution in [0.5, 0.6) is 0 Å². The van der Waals surface area contributed by atoms with E-state index < -0.39 is 0 Å². The number of thiazole rings is 1. The molecule has 7 heteroatoms. The lowest BCUT2D eigenvalue weighted by Crippen LogP contribution is -2.14. The first kappa shape index (κ1) is 13.3. The zero-order valence-corrected chi connectivity index (χ0v) is 11.8. The molecule has 0 saturated heterocycles. The van der Waals surface area contributed by atoms with Crippen molar-refractivity contribution in [3.8, 4) is 0 Å². The van der Waals surface area contributed by atoms with Gasteiger partial charge in [0.05, 0.1) is 0 Å². The fraction of sp³-hybridized carbons (Fsp3) is 0.0714. The molecule has 0 bridgehead atoms. The Kier molecular flexibility index (Phi) is 3.41. The van der Waals surface area contributed by atoms with Crippen molar-refractivity contribution in [2.24, 2.45) is 0 Å². The minimum absolute atomic E-state index is 0.00564. The van der Waals surface area contributed by atoms with E-state index in [4.69, 9.17) is 5.73 Å². The van der Waals surface area contributed by atoms with Crippen molar-refractivity contribution < 1.29 is 0 Å². The van der Waals surface area contributed by atoms with E-state index in [0.29, 0.717) is 16.9 Å². The van der Waals surface area contributed by atoms with Gasteiger partial charge >= 0.3 is 4.87 Å². The second-order valence-electron chi connectivity index (χ2n) is 4.40. The van der Waals surface area contributed by atoms with Gasteiger partial charge in [-0.3, -0.25) is 19.1 Å². The van der Waals surface area contributed by atoms with E-state index in [9.17, 15) is 9.59 Å². The molecule has 0 amide bonds. The molecule has 0 aliphatic rings. The molecule has 3 aromatic rings. The number of nitrogen functional groups attached to an aromatic ring is 1. The molecule has 0 fully saturated rings. The Balaban J connectivity index is 1.98. The Labute approximate surface area is 123 Å². The number of hydrogen-bond donors (Lipinski definition) is 2. The SMILES string of the molecule is Nc1nc2c(sc(=O)n2C/C=C/c2ccccc2)c(=O)[nH]1. The predicted molar refractivity (Wildman–Crippen MR) is 84.4 cm³/mol. The first-order valence-electron chi connectivity index (χ1n) is 6.26. The van der Waals surface area contributed by atoms with Crippen molar-refractivity contribution in [2.45, 2.75) is 6.54 Å². The Morgan fingerprint density at radius 1 is 1.29 bits per heavy atom. The van der Waals surface area contributed by atoms with Crippen LogP contribution in [0.3, 0.4) is 0 Å². The van der Waals surface area contributed by atoms with Crippen LogP contribution in [0.2, 0.25) is 0 Å². The number of aromatic amines is 1. The van der Waals surface area contributed by atoms with Crippen LogP contribution in [0.4, 0.5) is 5.95 Å². The molecule has 0 aliphatic carbocycles. The van der Waals surface area contributed by atoms with Crippen molar-refractivity contribution in [3.05, 3.63) is 62.0 Å². The summed E-state index contributed by atoms with van der Waals surface area (Å²) in [5.41, 5.74) is 6.50. The summed E-state index contributed by atoms with van der Waals surface area (Å²) in [4.78, 5) is 29.9. The zero-order valence-electron chi connectivity index (χ0n) is 10.9. The minimum atomic E-state index is -0.384. The zero-order chi connectivity index (χ0) is 14.8. The van der Waals surface area contributed by atoms with Gasteiger partial charge < -0.3 is 5.73 Å². The van der Waals surface area contributed by atoms with Crippen molar-refractivity contribution in [2.75, 3.05) is 5.73 Å². The Morgan fingerprint density at radius 2 is 2.05 bits per heavy atom. The monoisotopic (exact) mass is 300 g/mol. The quantitative estimate of drug-likeness (QED) is 0.765. The van der Waals surface area contributed by atoms with Crippen molar-refractivity contribution >= 4 is 33.7 Å². The number of hydrogen-bond acceptors (Lipinski definition) is 5. The molecule has 6 nitrogen and oxygen atoms in total. The smallest absolute Gasteiger partial charge is 0.309 e. The van der Waals surface area contributed by atoms with E-state index in [1.54, 1.807) is 0 Å². The summed E-state index contributed by atoms with van der Waals surface area (Å²) in [6.07, 6.45) is 3.76. The molecule has 0 unspecified atom stereocenters. The molecule has 3 N–H and O–H groups in total. The summed E-state index contributed by atoms with van der Waals surface area (Å²) in [5, 5.41) is 0. The fourth-order valence-corrected chi connectivity index (χ4v) is 2.83. The number of allylic oxidation sites excluding steroid dienone is 1. The minimum Gasteiger partial charge on any atom is -0.369 e. The number of anilines is 1. The molecule has 0 aliphatic heterocycles. The molecule has 2 aromatic heterocycles. The second-order valence-corrected chi connectivity index (χ2v) is 5.36. The third kappa shape index (κ3) is 2.63. The number of nitrogens with zero attached hydrogens (tertiary/aromatic N) is 2. The van der Waals surface area contributed by atoms with E-state index in [1.807, 2.05) is 42.5 Å². The molecular formula is C14H12N4O2S. The molecule has 2 heterocycles. The standard InChI is InChI=1S/C14H12N4O2S/c15-13-16-11-10(12(19)17-13)21-14(20)18(11)8-4-7-9-5-2-1-3-6-9/h1-7H,8H2,(H3,15,16,17,19)/b7-4+. The fourth-order valence-electron chi connectivity index (χ4n) is 1.99. The lowest BCUT2D eigenvalue weighted by Gasteiger charge is -1.99. The normalized spacial score (nSPS) is 11.4. The lowest BCUT2D eigenvalue weighted by molar-refractivity contribution is 0.828. The predicted octanol–water partition coefficient (Wildman–Crippen LogP) is 1.44. The van der Waals surface area contributed by atoms with Gasteiger partial charge in [-0.15, -0.1) is 0 Å². The van der Waals surface area contributed by atoms with Crippen molar-refractivity contribution in [1.82, 2.24) is 14.5 Å². The number of benzene rings is 1. The summed E-state index contributed by atoms with van der Waals surface area (Å²) in [7, 11) is 0. The molecule has 1 aromatic carbocycles. The van der Waals surface area contributed by atoms with Gasteiger partial charge in [0.2, 0.25) is 5.95 Å². The molecular weight excluding hydrogens is 288 g/mol. The van der Waals surface area contributed by atoms with E-state index in [1.165, 1.54) is 4.57 Å². The van der Waals surface area contributed by atoms with Gasteiger partial charge in [-0.05, 0) is 5.56 Å². The highest BCUT2D eigenvalue weighted by atomic mass is 32.1. The van der Waals surface area contributed by atoms with Gasteiger partial charge in [-0.2, -0.15) is 4.98 Å². The average Bonchev–Trinajstić information content (AvgIpc) is 2.77. The number of nitrogens with two attached hydrogens (primary N) is 1. The van der Waals surface area contributed by atoms with Gasteiger partial charge in [0, 0.05) is 6.54 Å². The first-order chi connectivity index (χ1) is 10.1. The Bertz CT molecular complexity index is 922. The number of nitrogens with one attached hydrogen (secondary N) is 1. The summed E-state index contributed by atoms with van der Waals surface area (Å²) < 4.78 is 1.73. The maximum atomic E-state index is 12.0. The summed E-state index contributed by atoms with van der Waals surface area (Å²) >= 11 is 0.872. The number of fused-ring (bicyclic) bond motifs is 1. The van der Waals surface area contributed by atoms with E-state index >= 15 is 0 Å². The van der Waals surface area contributed by atoms with Crippen LogP contribution in [0, 0.1) is 0 Å². The van der Waals surface area contributed by atoms with Crippen LogP contribution in [0.15, 0.2) is 46.0 Å². The summed E-state index contributed by atoms with van der Waals surface area (Å²) in [6, 6.07) is 9.74. The molecule has 0 saturated carbocycles. The van der Waals surface area contributed by atoms with Gasteiger partial charge in [-0.1, -0.05) is 53.8 Å². The molecule has 3 rings (SSSR count). The Hall–Kier alpha value is -2.67. The molecule has 0 radical (unpaired) electrons. The number of H-pyrrole nitrogens is 1. The maximum Gasteiger partial charge on any atom is 0.309 e.